The smallest absolute Gasteiger partial charge is 0.266 e. The number of benzene rings is 2. The highest BCUT2D eigenvalue weighted by atomic mass is 32.2. The van der Waals surface area contributed by atoms with Gasteiger partial charge in [0, 0.05) is 13.1 Å². The van der Waals surface area contributed by atoms with Crippen molar-refractivity contribution in [3.63, 3.8) is 0 Å². The van der Waals surface area contributed by atoms with Crippen LogP contribution in [0.4, 0.5) is 0 Å². The fraction of sp³-hybridized carbons (Fsp3) is 0.360. The Morgan fingerprint density at radius 2 is 1.88 bits per heavy atom. The highest BCUT2D eigenvalue weighted by Crippen LogP contribution is 2.27. The minimum Gasteiger partial charge on any atom is -0.369 e. The summed E-state index contributed by atoms with van der Waals surface area (Å²) in [5, 5.41) is 1.01. The van der Waals surface area contributed by atoms with E-state index in [1.807, 2.05) is 42.5 Å². The second-order valence-electron chi connectivity index (χ2n) is 8.64. The van der Waals surface area contributed by atoms with E-state index in [0.717, 1.165) is 17.7 Å². The van der Waals surface area contributed by atoms with E-state index in [0.29, 0.717) is 35.6 Å². The number of likely N-dealkylation sites (tertiary alicyclic amines) is 1. The largest absolute Gasteiger partial charge is 0.369 e. The van der Waals surface area contributed by atoms with Crippen LogP contribution in [0, 0.1) is 5.92 Å². The number of aromatic nitrogens is 2. The molecule has 2 aromatic carbocycles. The first kappa shape index (κ1) is 23.0. The number of primary amides is 1. The first-order valence-corrected chi connectivity index (χ1v) is 12.2. The molecule has 0 aliphatic carbocycles. The van der Waals surface area contributed by atoms with Gasteiger partial charge in [-0.1, -0.05) is 55.9 Å². The minimum absolute atomic E-state index is 0.0861. The van der Waals surface area contributed by atoms with Gasteiger partial charge >= 0.3 is 0 Å². The van der Waals surface area contributed by atoms with Gasteiger partial charge in [-0.3, -0.25) is 19.0 Å². The lowest BCUT2D eigenvalue weighted by molar-refractivity contribution is -0.132. The molecule has 1 aliphatic rings. The Morgan fingerprint density at radius 3 is 2.64 bits per heavy atom. The van der Waals surface area contributed by atoms with E-state index in [4.69, 9.17) is 10.7 Å². The molecule has 4 rings (SSSR count). The van der Waals surface area contributed by atoms with E-state index in [9.17, 15) is 14.4 Å². The maximum Gasteiger partial charge on any atom is 0.266 e. The molecule has 2 heterocycles. The Morgan fingerprint density at radius 1 is 1.15 bits per heavy atom. The standard InChI is InChI=1S/C25H28N4O3S/c1-16(2)18-9-4-6-12-21(18)29-24(32)19-10-3-5-11-20(19)27-25(29)33-15-22(30)28-13-7-8-17(14-28)23(26)31/h3-6,9-12,16-17H,7-8,13-15H2,1-2H3,(H2,26,31). The SMILES string of the molecule is CC(C)c1ccccc1-n1c(SCC(=O)N2CCCC(C(N)=O)C2)nc2ccccc2c1=O. The summed E-state index contributed by atoms with van der Waals surface area (Å²) in [4.78, 5) is 44.5. The average molecular weight is 465 g/mol. The zero-order chi connectivity index (χ0) is 23.5. The molecular formula is C25H28N4O3S. The van der Waals surface area contributed by atoms with Gasteiger partial charge in [0.15, 0.2) is 5.16 Å². The maximum atomic E-state index is 13.6. The van der Waals surface area contributed by atoms with Crippen molar-refractivity contribution in [2.24, 2.45) is 11.7 Å². The zero-order valence-electron chi connectivity index (χ0n) is 18.9. The molecule has 33 heavy (non-hydrogen) atoms. The first-order valence-electron chi connectivity index (χ1n) is 11.2. The van der Waals surface area contributed by atoms with Crippen molar-refractivity contribution in [2.75, 3.05) is 18.8 Å². The summed E-state index contributed by atoms with van der Waals surface area (Å²) in [6.45, 7) is 5.13. The van der Waals surface area contributed by atoms with Crippen LogP contribution in [0.1, 0.15) is 38.2 Å². The predicted octanol–water partition coefficient (Wildman–Crippen LogP) is 3.33. The van der Waals surface area contributed by atoms with Crippen LogP contribution in [0.2, 0.25) is 0 Å². The number of nitrogens with two attached hydrogens (primary N) is 1. The number of hydrogen-bond donors (Lipinski definition) is 1. The number of rotatable bonds is 6. The van der Waals surface area contributed by atoms with Gasteiger partial charge in [-0.05, 0) is 42.5 Å². The van der Waals surface area contributed by atoms with Crippen molar-refractivity contribution in [2.45, 2.75) is 37.8 Å². The van der Waals surface area contributed by atoms with Gasteiger partial charge < -0.3 is 10.6 Å². The van der Waals surface area contributed by atoms with Crippen molar-refractivity contribution >= 4 is 34.5 Å². The zero-order valence-corrected chi connectivity index (χ0v) is 19.7. The molecule has 1 fully saturated rings. The van der Waals surface area contributed by atoms with Crippen LogP contribution in [0.25, 0.3) is 16.6 Å². The summed E-state index contributed by atoms with van der Waals surface area (Å²) in [6, 6.07) is 15.0. The number of amides is 2. The molecule has 3 aromatic rings. The Labute approximate surface area is 197 Å². The second kappa shape index (κ2) is 9.79. The summed E-state index contributed by atoms with van der Waals surface area (Å²) < 4.78 is 1.62. The molecule has 8 heteroatoms. The molecule has 0 spiro atoms. The van der Waals surface area contributed by atoms with Gasteiger partial charge in [0.05, 0.1) is 28.3 Å². The van der Waals surface area contributed by atoms with Crippen LogP contribution in [-0.4, -0.2) is 45.1 Å². The molecule has 7 nitrogen and oxygen atoms in total. The Balaban J connectivity index is 1.70. The average Bonchev–Trinajstić information content (AvgIpc) is 2.82. The molecule has 1 aliphatic heterocycles. The number of carbonyl (C=O) groups is 2. The number of thioether (sulfide) groups is 1. The molecule has 0 bridgehead atoms. The first-order chi connectivity index (χ1) is 15.9. The topological polar surface area (TPSA) is 98.3 Å². The van der Waals surface area contributed by atoms with Gasteiger partial charge in [-0.15, -0.1) is 0 Å². The van der Waals surface area contributed by atoms with Crippen LogP contribution in [0.5, 0.6) is 0 Å². The fourth-order valence-electron chi connectivity index (χ4n) is 4.25. The molecule has 1 saturated heterocycles. The third kappa shape index (κ3) is 4.80. The number of nitrogens with zero attached hydrogens (tertiary/aromatic N) is 3. The summed E-state index contributed by atoms with van der Waals surface area (Å²) in [6.07, 6.45) is 1.47. The van der Waals surface area contributed by atoms with Gasteiger partial charge in [-0.2, -0.15) is 0 Å². The lowest BCUT2D eigenvalue weighted by atomic mass is 9.97. The molecule has 0 saturated carbocycles. The van der Waals surface area contributed by atoms with Crippen LogP contribution < -0.4 is 11.3 Å². The summed E-state index contributed by atoms with van der Waals surface area (Å²) in [5.41, 5.74) is 7.71. The molecule has 1 atom stereocenters. The lowest BCUT2D eigenvalue weighted by Crippen LogP contribution is -2.44. The van der Waals surface area contributed by atoms with E-state index >= 15 is 0 Å². The van der Waals surface area contributed by atoms with Gasteiger partial charge in [-0.25, -0.2) is 4.98 Å². The summed E-state index contributed by atoms with van der Waals surface area (Å²) >= 11 is 1.25. The fourth-order valence-corrected chi connectivity index (χ4v) is 5.16. The van der Waals surface area contributed by atoms with Crippen LogP contribution in [0.15, 0.2) is 58.5 Å². The Kier molecular flexibility index (Phi) is 6.83. The monoisotopic (exact) mass is 464 g/mol. The van der Waals surface area contributed by atoms with Crippen LogP contribution in [-0.2, 0) is 9.59 Å². The van der Waals surface area contributed by atoms with Crippen LogP contribution in [0.3, 0.4) is 0 Å². The van der Waals surface area contributed by atoms with Gasteiger partial charge in [0.2, 0.25) is 11.8 Å². The summed E-state index contributed by atoms with van der Waals surface area (Å²) in [7, 11) is 0. The molecule has 2 amide bonds. The van der Waals surface area contributed by atoms with E-state index < -0.39 is 0 Å². The number of carbonyl (C=O) groups excluding carboxylic acids is 2. The molecular weight excluding hydrogens is 436 g/mol. The quantitative estimate of drug-likeness (QED) is 0.446. The third-order valence-electron chi connectivity index (χ3n) is 6.05. The van der Waals surface area contributed by atoms with E-state index in [1.165, 1.54) is 11.8 Å². The van der Waals surface area contributed by atoms with Crippen molar-refractivity contribution in [3.8, 4) is 5.69 Å². The van der Waals surface area contributed by atoms with Crippen molar-refractivity contribution < 1.29 is 9.59 Å². The molecule has 2 N–H and O–H groups in total. The van der Waals surface area contributed by atoms with Gasteiger partial charge in [0.1, 0.15) is 0 Å². The maximum absolute atomic E-state index is 13.6. The predicted molar refractivity (Wildman–Crippen MR) is 131 cm³/mol. The van der Waals surface area contributed by atoms with Gasteiger partial charge in [0.25, 0.3) is 5.56 Å². The minimum atomic E-state index is -0.365. The third-order valence-corrected chi connectivity index (χ3v) is 6.97. The Bertz CT molecular complexity index is 1250. The second-order valence-corrected chi connectivity index (χ2v) is 9.58. The van der Waals surface area contributed by atoms with Crippen molar-refractivity contribution in [1.82, 2.24) is 14.5 Å². The van der Waals surface area contributed by atoms with Crippen molar-refractivity contribution in [3.05, 3.63) is 64.4 Å². The number of fused-ring (bicyclic) bond motifs is 1. The molecule has 0 radical (unpaired) electrons. The number of hydrogen-bond acceptors (Lipinski definition) is 5. The lowest BCUT2D eigenvalue weighted by Gasteiger charge is -2.31. The van der Waals surface area contributed by atoms with E-state index in [2.05, 4.69) is 13.8 Å². The number of para-hydroxylation sites is 2. The normalized spacial score (nSPS) is 16.3. The van der Waals surface area contributed by atoms with E-state index in [-0.39, 0.29) is 35.0 Å². The Hall–Kier alpha value is -3.13. The van der Waals surface area contributed by atoms with Crippen LogP contribution >= 0.6 is 11.8 Å². The highest BCUT2D eigenvalue weighted by molar-refractivity contribution is 7.99. The molecule has 1 unspecified atom stereocenters. The molecule has 1 aromatic heterocycles. The molecule has 172 valence electrons. The van der Waals surface area contributed by atoms with Crippen molar-refractivity contribution in [1.29, 1.82) is 0 Å². The van der Waals surface area contributed by atoms with E-state index in [1.54, 1.807) is 15.5 Å². The highest BCUT2D eigenvalue weighted by Gasteiger charge is 2.27. The number of piperidine rings is 1. The summed E-state index contributed by atoms with van der Waals surface area (Å²) in [5.74, 6) is -0.423.